The van der Waals surface area contributed by atoms with Crippen molar-refractivity contribution in [3.63, 3.8) is 0 Å². The average molecular weight is 227 g/mol. The van der Waals surface area contributed by atoms with E-state index in [2.05, 4.69) is 47.3 Å². The lowest BCUT2D eigenvalue weighted by Gasteiger charge is -2.08. The van der Waals surface area contributed by atoms with Crippen LogP contribution in [0.15, 0.2) is 24.3 Å². The summed E-state index contributed by atoms with van der Waals surface area (Å²) in [6, 6.07) is 8.29. The standard InChI is InChI=1S/C14H17N3/c1-9-5-10(2)7-13(6-9)17-14-15-11(3)8-12(4)16-14/h5-8H,1-4H3,(H,15,16,17). The Kier molecular flexibility index (Phi) is 3.09. The number of benzene rings is 1. The van der Waals surface area contributed by atoms with Crippen molar-refractivity contribution in [2.24, 2.45) is 0 Å². The van der Waals surface area contributed by atoms with Gasteiger partial charge in [-0.2, -0.15) is 0 Å². The van der Waals surface area contributed by atoms with Crippen molar-refractivity contribution < 1.29 is 0 Å². The Bertz CT molecular complexity index is 457. The molecule has 1 N–H and O–H groups in total. The monoisotopic (exact) mass is 227 g/mol. The van der Waals surface area contributed by atoms with Gasteiger partial charge in [-0.15, -0.1) is 0 Å². The molecule has 0 radical (unpaired) electrons. The van der Waals surface area contributed by atoms with E-state index in [-0.39, 0.29) is 0 Å². The minimum atomic E-state index is 0.660. The Morgan fingerprint density at radius 2 is 1.29 bits per heavy atom. The zero-order valence-corrected chi connectivity index (χ0v) is 10.7. The van der Waals surface area contributed by atoms with Crippen molar-refractivity contribution in [2.75, 3.05) is 5.32 Å². The second-order valence-electron chi connectivity index (χ2n) is 4.48. The van der Waals surface area contributed by atoms with Crippen LogP contribution in [-0.2, 0) is 0 Å². The second kappa shape index (κ2) is 4.53. The molecule has 0 aliphatic rings. The van der Waals surface area contributed by atoms with Crippen molar-refractivity contribution in [1.29, 1.82) is 0 Å². The van der Waals surface area contributed by atoms with Gasteiger partial charge in [0.1, 0.15) is 0 Å². The Morgan fingerprint density at radius 3 is 1.82 bits per heavy atom. The second-order valence-corrected chi connectivity index (χ2v) is 4.48. The molecule has 0 atom stereocenters. The van der Waals surface area contributed by atoms with E-state index >= 15 is 0 Å². The van der Waals surface area contributed by atoms with Crippen LogP contribution in [0, 0.1) is 27.7 Å². The Labute approximate surface area is 102 Å². The number of aryl methyl sites for hydroxylation is 4. The van der Waals surface area contributed by atoms with E-state index in [1.54, 1.807) is 0 Å². The van der Waals surface area contributed by atoms with Crippen LogP contribution in [0.5, 0.6) is 0 Å². The van der Waals surface area contributed by atoms with Gasteiger partial charge in [-0.25, -0.2) is 9.97 Å². The van der Waals surface area contributed by atoms with Gasteiger partial charge in [-0.3, -0.25) is 0 Å². The predicted octanol–water partition coefficient (Wildman–Crippen LogP) is 3.45. The molecule has 2 aromatic rings. The van der Waals surface area contributed by atoms with Crippen LogP contribution in [0.3, 0.4) is 0 Å². The average Bonchev–Trinajstić information content (AvgIpc) is 2.13. The van der Waals surface area contributed by atoms with Crippen LogP contribution in [0.1, 0.15) is 22.5 Å². The van der Waals surface area contributed by atoms with Crippen LogP contribution in [0.2, 0.25) is 0 Å². The summed E-state index contributed by atoms with van der Waals surface area (Å²) in [7, 11) is 0. The maximum absolute atomic E-state index is 4.37. The smallest absolute Gasteiger partial charge is 0.227 e. The number of anilines is 2. The molecule has 0 aliphatic heterocycles. The Balaban J connectivity index is 2.31. The number of hydrogen-bond donors (Lipinski definition) is 1. The Morgan fingerprint density at radius 1 is 0.765 bits per heavy atom. The SMILES string of the molecule is Cc1cc(C)cc(Nc2nc(C)cc(C)n2)c1. The first kappa shape index (κ1) is 11.6. The first-order chi connectivity index (χ1) is 8.02. The highest BCUT2D eigenvalue weighted by atomic mass is 15.1. The summed E-state index contributed by atoms with van der Waals surface area (Å²) in [5.74, 6) is 0.660. The third-order valence-electron chi connectivity index (χ3n) is 2.46. The van der Waals surface area contributed by atoms with E-state index in [4.69, 9.17) is 0 Å². The molecule has 1 aromatic heterocycles. The van der Waals surface area contributed by atoms with Crippen molar-refractivity contribution in [3.05, 3.63) is 46.8 Å². The molecule has 1 heterocycles. The number of nitrogens with one attached hydrogen (secondary N) is 1. The number of rotatable bonds is 2. The van der Waals surface area contributed by atoms with Crippen molar-refractivity contribution in [1.82, 2.24) is 9.97 Å². The van der Waals surface area contributed by atoms with E-state index in [1.807, 2.05) is 19.9 Å². The predicted molar refractivity (Wildman–Crippen MR) is 70.7 cm³/mol. The first-order valence-electron chi connectivity index (χ1n) is 5.70. The lowest BCUT2D eigenvalue weighted by atomic mass is 10.1. The van der Waals surface area contributed by atoms with Crippen molar-refractivity contribution >= 4 is 11.6 Å². The van der Waals surface area contributed by atoms with Crippen LogP contribution in [-0.4, -0.2) is 9.97 Å². The summed E-state index contributed by atoms with van der Waals surface area (Å²) >= 11 is 0. The molecule has 3 heteroatoms. The van der Waals surface area contributed by atoms with Gasteiger partial charge in [-0.05, 0) is 57.0 Å². The van der Waals surface area contributed by atoms with Gasteiger partial charge >= 0.3 is 0 Å². The fraction of sp³-hybridized carbons (Fsp3) is 0.286. The molecule has 0 saturated heterocycles. The highest BCUT2D eigenvalue weighted by molar-refractivity contribution is 5.56. The van der Waals surface area contributed by atoms with E-state index in [9.17, 15) is 0 Å². The van der Waals surface area contributed by atoms with Crippen LogP contribution < -0.4 is 5.32 Å². The molecule has 2 rings (SSSR count). The van der Waals surface area contributed by atoms with Crippen LogP contribution >= 0.6 is 0 Å². The summed E-state index contributed by atoms with van der Waals surface area (Å²) in [5, 5.41) is 3.24. The molecular weight excluding hydrogens is 210 g/mol. The molecular formula is C14H17N3. The fourth-order valence-electron chi connectivity index (χ4n) is 1.96. The summed E-state index contributed by atoms with van der Waals surface area (Å²) < 4.78 is 0. The molecule has 0 aliphatic carbocycles. The molecule has 0 bridgehead atoms. The number of hydrogen-bond acceptors (Lipinski definition) is 3. The maximum Gasteiger partial charge on any atom is 0.227 e. The third-order valence-corrected chi connectivity index (χ3v) is 2.46. The largest absolute Gasteiger partial charge is 0.324 e. The van der Waals surface area contributed by atoms with Gasteiger partial charge in [0.15, 0.2) is 0 Å². The zero-order valence-electron chi connectivity index (χ0n) is 10.7. The van der Waals surface area contributed by atoms with E-state index in [0.717, 1.165) is 17.1 Å². The molecule has 0 unspecified atom stereocenters. The molecule has 0 fully saturated rings. The minimum Gasteiger partial charge on any atom is -0.324 e. The molecule has 0 saturated carbocycles. The Hall–Kier alpha value is -1.90. The summed E-state index contributed by atoms with van der Waals surface area (Å²) in [4.78, 5) is 8.73. The quantitative estimate of drug-likeness (QED) is 0.853. The zero-order chi connectivity index (χ0) is 12.4. The topological polar surface area (TPSA) is 37.8 Å². The van der Waals surface area contributed by atoms with E-state index in [1.165, 1.54) is 11.1 Å². The van der Waals surface area contributed by atoms with Gasteiger partial charge in [0.2, 0.25) is 5.95 Å². The molecule has 1 aromatic carbocycles. The fourth-order valence-corrected chi connectivity index (χ4v) is 1.96. The van der Waals surface area contributed by atoms with Crippen LogP contribution in [0.25, 0.3) is 0 Å². The van der Waals surface area contributed by atoms with Gasteiger partial charge < -0.3 is 5.32 Å². The molecule has 0 spiro atoms. The summed E-state index contributed by atoms with van der Waals surface area (Å²) in [5.41, 5.74) is 5.45. The highest BCUT2D eigenvalue weighted by Gasteiger charge is 2.01. The van der Waals surface area contributed by atoms with Gasteiger partial charge in [-0.1, -0.05) is 6.07 Å². The third kappa shape index (κ3) is 3.03. The van der Waals surface area contributed by atoms with Crippen molar-refractivity contribution in [2.45, 2.75) is 27.7 Å². The highest BCUT2D eigenvalue weighted by Crippen LogP contribution is 2.17. The van der Waals surface area contributed by atoms with Gasteiger partial charge in [0, 0.05) is 17.1 Å². The molecule has 0 amide bonds. The minimum absolute atomic E-state index is 0.660. The molecule has 17 heavy (non-hydrogen) atoms. The number of nitrogens with zero attached hydrogens (tertiary/aromatic N) is 2. The maximum atomic E-state index is 4.37. The van der Waals surface area contributed by atoms with E-state index < -0.39 is 0 Å². The van der Waals surface area contributed by atoms with Crippen molar-refractivity contribution in [3.8, 4) is 0 Å². The summed E-state index contributed by atoms with van der Waals surface area (Å²) in [6.45, 7) is 8.11. The van der Waals surface area contributed by atoms with Gasteiger partial charge in [0.05, 0.1) is 0 Å². The first-order valence-corrected chi connectivity index (χ1v) is 5.70. The normalized spacial score (nSPS) is 10.4. The van der Waals surface area contributed by atoms with Gasteiger partial charge in [0.25, 0.3) is 0 Å². The number of aromatic nitrogens is 2. The summed E-state index contributed by atoms with van der Waals surface area (Å²) in [6.07, 6.45) is 0. The van der Waals surface area contributed by atoms with Crippen LogP contribution in [0.4, 0.5) is 11.6 Å². The molecule has 3 nitrogen and oxygen atoms in total. The molecule has 88 valence electrons. The van der Waals surface area contributed by atoms with E-state index in [0.29, 0.717) is 5.95 Å². The lowest BCUT2D eigenvalue weighted by Crippen LogP contribution is -2.00. The lowest BCUT2D eigenvalue weighted by molar-refractivity contribution is 1.06.